The van der Waals surface area contributed by atoms with E-state index in [-0.39, 0.29) is 6.42 Å². The Morgan fingerprint density at radius 3 is 2.62 bits per heavy atom. The lowest BCUT2D eigenvalue weighted by molar-refractivity contribution is -0.137. The summed E-state index contributed by atoms with van der Waals surface area (Å²) in [5.74, 6) is 0.0805. The number of hydrogen-bond donors (Lipinski definition) is 2. The highest BCUT2D eigenvalue weighted by Crippen LogP contribution is 2.34. The molecule has 0 aromatic heterocycles. The zero-order valence-corrected chi connectivity index (χ0v) is 9.27. The van der Waals surface area contributed by atoms with Gasteiger partial charge in [-0.2, -0.15) is 0 Å². The average Bonchev–Trinajstić information content (AvgIpc) is 2.26. The number of aliphatic carboxylic acids is 1. The van der Waals surface area contributed by atoms with Gasteiger partial charge in [-0.3, -0.25) is 4.79 Å². The molecule has 0 amide bonds. The quantitative estimate of drug-likeness (QED) is 0.786. The predicted molar refractivity (Wildman–Crippen MR) is 58.7 cm³/mol. The monoisotopic (exact) mass is 225 g/mol. The van der Waals surface area contributed by atoms with Crippen LogP contribution in [0.1, 0.15) is 18.0 Å². The Morgan fingerprint density at radius 1 is 1.44 bits per heavy atom. The molecule has 0 aliphatic rings. The zero-order valence-electron chi connectivity index (χ0n) is 9.27. The van der Waals surface area contributed by atoms with Crippen LogP contribution in [0.3, 0.4) is 0 Å². The van der Waals surface area contributed by atoms with Crippen molar-refractivity contribution in [2.75, 3.05) is 14.2 Å². The number of carbonyl (C=O) groups is 1. The largest absolute Gasteiger partial charge is 0.493 e. The van der Waals surface area contributed by atoms with Crippen LogP contribution in [0, 0.1) is 0 Å². The van der Waals surface area contributed by atoms with Crippen LogP contribution in [0.15, 0.2) is 18.2 Å². The lowest BCUT2D eigenvalue weighted by Gasteiger charge is -2.16. The molecule has 3 N–H and O–H groups in total. The second-order valence-electron chi connectivity index (χ2n) is 3.29. The van der Waals surface area contributed by atoms with E-state index in [2.05, 4.69) is 0 Å². The van der Waals surface area contributed by atoms with Gasteiger partial charge in [-0.05, 0) is 6.07 Å². The summed E-state index contributed by atoms with van der Waals surface area (Å²) in [7, 11) is 3.01. The second kappa shape index (κ2) is 5.37. The first-order valence-electron chi connectivity index (χ1n) is 4.78. The second-order valence-corrected chi connectivity index (χ2v) is 3.29. The Labute approximate surface area is 93.8 Å². The fraction of sp³-hybridized carbons (Fsp3) is 0.364. The van der Waals surface area contributed by atoms with E-state index in [1.54, 1.807) is 18.2 Å². The van der Waals surface area contributed by atoms with Crippen molar-refractivity contribution in [3.8, 4) is 11.5 Å². The van der Waals surface area contributed by atoms with E-state index >= 15 is 0 Å². The number of carboxylic acids is 1. The minimum absolute atomic E-state index is 0.149. The lowest BCUT2D eigenvalue weighted by Crippen LogP contribution is -2.16. The molecule has 5 nitrogen and oxygen atoms in total. The summed E-state index contributed by atoms with van der Waals surface area (Å²) in [5, 5.41) is 8.68. The molecule has 0 heterocycles. The minimum atomic E-state index is -0.947. The van der Waals surface area contributed by atoms with Crippen molar-refractivity contribution in [2.24, 2.45) is 5.73 Å². The number of carboxylic acid groups (broad SMARTS) is 1. The number of ether oxygens (including phenoxy) is 2. The number of hydrogen-bond acceptors (Lipinski definition) is 4. The van der Waals surface area contributed by atoms with E-state index in [9.17, 15) is 4.79 Å². The van der Waals surface area contributed by atoms with E-state index < -0.39 is 12.0 Å². The van der Waals surface area contributed by atoms with Gasteiger partial charge in [-0.15, -0.1) is 0 Å². The van der Waals surface area contributed by atoms with Gasteiger partial charge in [0, 0.05) is 11.6 Å². The molecule has 1 aromatic carbocycles. The number of benzene rings is 1. The van der Waals surface area contributed by atoms with Gasteiger partial charge < -0.3 is 20.3 Å². The van der Waals surface area contributed by atoms with Crippen molar-refractivity contribution in [3.05, 3.63) is 23.8 Å². The average molecular weight is 225 g/mol. The summed E-state index contributed by atoms with van der Waals surface area (Å²) in [6, 6.07) is 4.60. The van der Waals surface area contributed by atoms with E-state index in [4.69, 9.17) is 20.3 Å². The molecule has 0 aliphatic heterocycles. The summed E-state index contributed by atoms with van der Waals surface area (Å²) in [6.07, 6.45) is -0.149. The van der Waals surface area contributed by atoms with Crippen LogP contribution in [-0.4, -0.2) is 25.3 Å². The van der Waals surface area contributed by atoms with Crippen LogP contribution >= 0.6 is 0 Å². The van der Waals surface area contributed by atoms with Crippen LogP contribution < -0.4 is 15.2 Å². The zero-order chi connectivity index (χ0) is 12.1. The van der Waals surface area contributed by atoms with E-state index in [0.29, 0.717) is 17.1 Å². The first kappa shape index (κ1) is 12.3. The van der Waals surface area contributed by atoms with Gasteiger partial charge in [-0.1, -0.05) is 12.1 Å². The molecule has 0 radical (unpaired) electrons. The molecule has 0 saturated carbocycles. The summed E-state index contributed by atoms with van der Waals surface area (Å²) in [5.41, 5.74) is 6.41. The fourth-order valence-electron chi connectivity index (χ4n) is 1.50. The topological polar surface area (TPSA) is 81.8 Å². The van der Waals surface area contributed by atoms with Crippen molar-refractivity contribution >= 4 is 5.97 Å². The van der Waals surface area contributed by atoms with Crippen LogP contribution in [0.4, 0.5) is 0 Å². The summed E-state index contributed by atoms with van der Waals surface area (Å²) >= 11 is 0. The Hall–Kier alpha value is -1.75. The fourth-order valence-corrected chi connectivity index (χ4v) is 1.50. The van der Waals surface area contributed by atoms with Crippen molar-refractivity contribution in [1.29, 1.82) is 0 Å². The standard InChI is InChI=1S/C11H15NO4/c1-15-9-5-3-4-7(11(9)16-2)8(12)6-10(13)14/h3-5,8H,6,12H2,1-2H3,(H,13,14)/t8-/m0/s1. The number of nitrogens with two attached hydrogens (primary N) is 1. The third-order valence-electron chi connectivity index (χ3n) is 2.23. The normalized spacial score (nSPS) is 11.9. The van der Waals surface area contributed by atoms with E-state index in [0.717, 1.165) is 0 Å². The molecular weight excluding hydrogens is 210 g/mol. The molecule has 1 rings (SSSR count). The van der Waals surface area contributed by atoms with Gasteiger partial charge in [0.25, 0.3) is 0 Å². The number of methoxy groups -OCH3 is 2. The Balaban J connectivity index is 3.07. The van der Waals surface area contributed by atoms with Crippen LogP contribution in [0.25, 0.3) is 0 Å². The van der Waals surface area contributed by atoms with Crippen LogP contribution in [0.2, 0.25) is 0 Å². The van der Waals surface area contributed by atoms with Crippen molar-refractivity contribution < 1.29 is 19.4 Å². The molecule has 0 unspecified atom stereocenters. The predicted octanol–water partition coefficient (Wildman–Crippen LogP) is 1.18. The summed E-state index contributed by atoms with van der Waals surface area (Å²) < 4.78 is 10.3. The highest BCUT2D eigenvalue weighted by Gasteiger charge is 2.17. The smallest absolute Gasteiger partial charge is 0.305 e. The van der Waals surface area contributed by atoms with Gasteiger partial charge >= 0.3 is 5.97 Å². The van der Waals surface area contributed by atoms with E-state index in [1.807, 2.05) is 0 Å². The van der Waals surface area contributed by atoms with Gasteiger partial charge in [-0.25, -0.2) is 0 Å². The van der Waals surface area contributed by atoms with E-state index in [1.165, 1.54) is 14.2 Å². The molecule has 5 heteroatoms. The van der Waals surface area contributed by atoms with Crippen molar-refractivity contribution in [2.45, 2.75) is 12.5 Å². The van der Waals surface area contributed by atoms with Crippen molar-refractivity contribution in [1.82, 2.24) is 0 Å². The molecule has 0 bridgehead atoms. The molecule has 0 spiro atoms. The molecule has 0 saturated heterocycles. The molecule has 88 valence electrons. The minimum Gasteiger partial charge on any atom is -0.493 e. The molecular formula is C11H15NO4. The first-order valence-corrected chi connectivity index (χ1v) is 4.78. The number of para-hydroxylation sites is 1. The van der Waals surface area contributed by atoms with Crippen LogP contribution in [0.5, 0.6) is 11.5 Å². The third kappa shape index (κ3) is 2.64. The van der Waals surface area contributed by atoms with Gasteiger partial charge in [0.05, 0.1) is 20.6 Å². The van der Waals surface area contributed by atoms with Gasteiger partial charge in [0.2, 0.25) is 0 Å². The maximum absolute atomic E-state index is 10.6. The molecule has 1 atom stereocenters. The first-order chi connectivity index (χ1) is 7.60. The lowest BCUT2D eigenvalue weighted by atomic mass is 10.0. The van der Waals surface area contributed by atoms with Gasteiger partial charge in [0.1, 0.15) is 0 Å². The molecule has 0 fully saturated rings. The molecule has 1 aromatic rings. The summed E-state index contributed by atoms with van der Waals surface area (Å²) in [6.45, 7) is 0. The Kier molecular flexibility index (Phi) is 4.13. The molecule has 16 heavy (non-hydrogen) atoms. The SMILES string of the molecule is COc1cccc([C@@H](N)CC(=O)O)c1OC. The maximum atomic E-state index is 10.6. The number of rotatable bonds is 5. The van der Waals surface area contributed by atoms with Crippen molar-refractivity contribution in [3.63, 3.8) is 0 Å². The van der Waals surface area contributed by atoms with Crippen LogP contribution in [-0.2, 0) is 4.79 Å². The highest BCUT2D eigenvalue weighted by molar-refractivity contribution is 5.68. The Bertz CT molecular complexity index is 378. The Morgan fingerprint density at radius 2 is 2.12 bits per heavy atom. The molecule has 0 aliphatic carbocycles. The highest BCUT2D eigenvalue weighted by atomic mass is 16.5. The summed E-state index contributed by atoms with van der Waals surface area (Å²) in [4.78, 5) is 10.6. The van der Waals surface area contributed by atoms with Gasteiger partial charge in [0.15, 0.2) is 11.5 Å². The maximum Gasteiger partial charge on any atom is 0.305 e. The third-order valence-corrected chi connectivity index (χ3v) is 2.23.